The smallest absolute Gasteiger partial charge is 0.392 e. The third-order valence-electron chi connectivity index (χ3n) is 3.78. The largest absolute Gasteiger partial charge is 0.416 e. The van der Waals surface area contributed by atoms with Gasteiger partial charge < -0.3 is 10.4 Å². The molecule has 2 unspecified atom stereocenters. The molecule has 2 nitrogen and oxygen atoms in total. The van der Waals surface area contributed by atoms with Gasteiger partial charge in [0.15, 0.2) is 0 Å². The highest BCUT2D eigenvalue weighted by atomic mass is 79.9. The Labute approximate surface area is 118 Å². The number of hydrogen-bond acceptors (Lipinski definition) is 2. The minimum absolute atomic E-state index is 0.0297. The number of nitrogens with one attached hydrogen (secondary N) is 1. The van der Waals surface area contributed by atoms with E-state index in [1.807, 2.05) is 13.8 Å². The van der Waals surface area contributed by atoms with E-state index in [1.165, 1.54) is 0 Å². The third kappa shape index (κ3) is 2.89. The van der Waals surface area contributed by atoms with Gasteiger partial charge in [-0.1, -0.05) is 29.8 Å². The van der Waals surface area contributed by atoms with Gasteiger partial charge in [0.1, 0.15) is 0 Å². The van der Waals surface area contributed by atoms with Crippen LogP contribution in [0.1, 0.15) is 25.8 Å². The fourth-order valence-electron chi connectivity index (χ4n) is 2.19. The first-order valence-corrected chi connectivity index (χ1v) is 6.72. The van der Waals surface area contributed by atoms with Gasteiger partial charge in [-0.2, -0.15) is 13.2 Å². The van der Waals surface area contributed by atoms with E-state index in [-0.39, 0.29) is 11.5 Å². The summed E-state index contributed by atoms with van der Waals surface area (Å²) in [6.07, 6.45) is -4.24. The highest BCUT2D eigenvalue weighted by Gasteiger charge is 2.47. The van der Waals surface area contributed by atoms with E-state index in [0.29, 0.717) is 16.6 Å². The lowest BCUT2D eigenvalue weighted by molar-refractivity contribution is -0.137. The lowest BCUT2D eigenvalue weighted by Gasteiger charge is -2.49. The Balaban J connectivity index is 2.20. The van der Waals surface area contributed by atoms with Gasteiger partial charge in [0.05, 0.1) is 11.7 Å². The first-order chi connectivity index (χ1) is 8.60. The number of aliphatic hydroxyl groups is 1. The molecule has 2 atom stereocenters. The van der Waals surface area contributed by atoms with E-state index >= 15 is 0 Å². The second kappa shape index (κ2) is 4.66. The summed E-state index contributed by atoms with van der Waals surface area (Å²) in [6.45, 7) is 3.78. The zero-order chi connectivity index (χ0) is 14.4. The summed E-state index contributed by atoms with van der Waals surface area (Å²) in [6, 6.07) is 3.71. The van der Waals surface area contributed by atoms with Crippen LogP contribution in [0.2, 0.25) is 0 Å². The fraction of sp³-hybridized carbons (Fsp3) is 0.538. The zero-order valence-corrected chi connectivity index (χ0v) is 12.1. The van der Waals surface area contributed by atoms with Crippen molar-refractivity contribution in [3.63, 3.8) is 0 Å². The van der Waals surface area contributed by atoms with Gasteiger partial charge in [0.2, 0.25) is 0 Å². The number of rotatable bonds is 2. The quantitative estimate of drug-likeness (QED) is 0.853. The van der Waals surface area contributed by atoms with E-state index in [0.717, 1.165) is 12.1 Å². The van der Waals surface area contributed by atoms with E-state index in [9.17, 15) is 18.3 Å². The van der Waals surface area contributed by atoms with Crippen molar-refractivity contribution in [3.8, 4) is 0 Å². The van der Waals surface area contributed by atoms with Crippen molar-refractivity contribution in [3.05, 3.63) is 28.2 Å². The van der Waals surface area contributed by atoms with Crippen molar-refractivity contribution >= 4 is 21.6 Å². The molecule has 2 rings (SSSR count). The summed E-state index contributed by atoms with van der Waals surface area (Å²) in [5, 5.41) is 12.7. The number of aliphatic hydroxyl groups excluding tert-OH is 1. The summed E-state index contributed by atoms with van der Waals surface area (Å²) in [4.78, 5) is 0. The van der Waals surface area contributed by atoms with Crippen LogP contribution in [-0.2, 0) is 6.18 Å². The van der Waals surface area contributed by atoms with Crippen LogP contribution in [-0.4, -0.2) is 17.3 Å². The molecule has 0 spiro atoms. The number of benzene rings is 1. The molecule has 6 heteroatoms. The van der Waals surface area contributed by atoms with Gasteiger partial charge in [-0.25, -0.2) is 0 Å². The van der Waals surface area contributed by atoms with Gasteiger partial charge in [-0.05, 0) is 24.6 Å². The molecule has 0 aliphatic heterocycles. The molecule has 0 bridgehead atoms. The summed E-state index contributed by atoms with van der Waals surface area (Å²) < 4.78 is 38.5. The Hall–Kier alpha value is -0.750. The summed E-state index contributed by atoms with van der Waals surface area (Å²) in [7, 11) is 0. The van der Waals surface area contributed by atoms with Crippen LogP contribution in [0.3, 0.4) is 0 Å². The molecule has 1 aromatic carbocycles. The Morgan fingerprint density at radius 2 is 1.95 bits per heavy atom. The third-order valence-corrected chi connectivity index (χ3v) is 4.24. The fourth-order valence-corrected chi connectivity index (χ4v) is 2.68. The van der Waals surface area contributed by atoms with Crippen molar-refractivity contribution < 1.29 is 18.3 Å². The Morgan fingerprint density at radius 3 is 2.42 bits per heavy atom. The molecule has 106 valence electrons. The standard InChI is InChI=1S/C13H15BrF3NO/c1-12(2)10(6-11(12)19)18-9-4-7(13(15,16)17)3-8(14)5-9/h3-5,10-11,18-19H,6H2,1-2H3. The average molecular weight is 338 g/mol. The average Bonchev–Trinajstić information content (AvgIpc) is 2.27. The van der Waals surface area contributed by atoms with Crippen LogP contribution in [0, 0.1) is 5.41 Å². The zero-order valence-electron chi connectivity index (χ0n) is 10.6. The highest BCUT2D eigenvalue weighted by Crippen LogP contribution is 2.43. The maximum atomic E-state index is 12.7. The Morgan fingerprint density at radius 1 is 1.32 bits per heavy atom. The van der Waals surface area contributed by atoms with E-state index < -0.39 is 17.8 Å². The molecule has 0 aromatic heterocycles. The predicted octanol–water partition coefficient (Wildman–Crippen LogP) is 4.04. The molecular weight excluding hydrogens is 323 g/mol. The molecule has 0 saturated heterocycles. The van der Waals surface area contributed by atoms with Crippen LogP contribution in [0.5, 0.6) is 0 Å². The van der Waals surface area contributed by atoms with Crippen LogP contribution < -0.4 is 5.32 Å². The molecule has 1 fully saturated rings. The Bertz CT molecular complexity index is 487. The van der Waals surface area contributed by atoms with Gasteiger partial charge in [0, 0.05) is 21.6 Å². The number of halogens is 4. The number of hydrogen-bond donors (Lipinski definition) is 2. The van der Waals surface area contributed by atoms with Crippen LogP contribution in [0.25, 0.3) is 0 Å². The van der Waals surface area contributed by atoms with E-state index in [4.69, 9.17) is 0 Å². The van der Waals surface area contributed by atoms with E-state index in [2.05, 4.69) is 21.2 Å². The SMILES string of the molecule is CC1(C)C(O)CC1Nc1cc(Br)cc(C(F)(F)F)c1. The van der Waals surface area contributed by atoms with Gasteiger partial charge in [0.25, 0.3) is 0 Å². The first kappa shape index (κ1) is 14.7. The minimum atomic E-state index is -4.37. The van der Waals surface area contributed by atoms with Gasteiger partial charge >= 0.3 is 6.18 Å². The summed E-state index contributed by atoms with van der Waals surface area (Å²) in [5.41, 5.74) is -0.616. The van der Waals surface area contributed by atoms with Crippen LogP contribution >= 0.6 is 15.9 Å². The molecule has 0 heterocycles. The highest BCUT2D eigenvalue weighted by molar-refractivity contribution is 9.10. The van der Waals surface area contributed by atoms with E-state index in [1.54, 1.807) is 6.07 Å². The number of anilines is 1. The first-order valence-electron chi connectivity index (χ1n) is 5.93. The molecule has 0 amide bonds. The molecule has 19 heavy (non-hydrogen) atoms. The molecule has 1 aliphatic rings. The maximum absolute atomic E-state index is 12.7. The van der Waals surface area contributed by atoms with Gasteiger partial charge in [-0.15, -0.1) is 0 Å². The second-order valence-corrected chi connectivity index (χ2v) is 6.41. The normalized spacial score (nSPS) is 25.8. The molecular formula is C13H15BrF3NO. The topological polar surface area (TPSA) is 32.3 Å². The lowest BCUT2D eigenvalue weighted by atomic mass is 9.64. The van der Waals surface area contributed by atoms with Crippen molar-refractivity contribution in [2.45, 2.75) is 38.6 Å². The summed E-state index contributed by atoms with van der Waals surface area (Å²) >= 11 is 3.09. The lowest BCUT2D eigenvalue weighted by Crippen LogP contribution is -2.56. The Kier molecular flexibility index (Phi) is 3.60. The number of alkyl halides is 3. The van der Waals surface area contributed by atoms with Crippen LogP contribution in [0.4, 0.5) is 18.9 Å². The predicted molar refractivity (Wildman–Crippen MR) is 71.0 cm³/mol. The minimum Gasteiger partial charge on any atom is -0.392 e. The molecule has 1 saturated carbocycles. The summed E-state index contributed by atoms with van der Waals surface area (Å²) in [5.74, 6) is 0. The van der Waals surface area contributed by atoms with Crippen molar-refractivity contribution in [2.24, 2.45) is 5.41 Å². The van der Waals surface area contributed by atoms with Gasteiger partial charge in [-0.3, -0.25) is 0 Å². The van der Waals surface area contributed by atoms with Crippen molar-refractivity contribution in [1.29, 1.82) is 0 Å². The van der Waals surface area contributed by atoms with Crippen molar-refractivity contribution in [1.82, 2.24) is 0 Å². The monoisotopic (exact) mass is 337 g/mol. The molecule has 1 aromatic rings. The molecule has 2 N–H and O–H groups in total. The molecule has 1 aliphatic carbocycles. The maximum Gasteiger partial charge on any atom is 0.416 e. The van der Waals surface area contributed by atoms with Crippen LogP contribution in [0.15, 0.2) is 22.7 Å². The van der Waals surface area contributed by atoms with Crippen molar-refractivity contribution in [2.75, 3.05) is 5.32 Å². The second-order valence-electron chi connectivity index (χ2n) is 5.50. The molecule has 0 radical (unpaired) electrons.